The molecule has 0 aromatic rings. The molecule has 0 saturated carbocycles. The summed E-state index contributed by atoms with van der Waals surface area (Å²) in [6, 6.07) is -16.4. The van der Waals surface area contributed by atoms with E-state index in [9.17, 15) is 121 Å². The Kier molecular flexibility index (Phi) is 32.5. The van der Waals surface area contributed by atoms with Gasteiger partial charge in [0.15, 0.2) is 16.1 Å². The van der Waals surface area contributed by atoms with E-state index in [1.807, 2.05) is 5.32 Å². The Bertz CT molecular complexity index is 2540. The molecule has 1 heterocycles. The van der Waals surface area contributed by atoms with Gasteiger partial charge in [-0.3, -0.25) is 67.1 Å². The summed E-state index contributed by atoms with van der Waals surface area (Å²) in [5.74, 6) is -20.3. The van der Waals surface area contributed by atoms with E-state index in [1.165, 1.54) is 0 Å². The number of carbonyl (C=O) groups excluding carboxylic acids is 10. The zero-order valence-corrected chi connectivity index (χ0v) is 47.7. The Morgan fingerprint density at radius 3 is 1.18 bits per heavy atom. The number of sulfone groups is 1. The molecular weight excluding hydrogens is 1190 g/mol. The lowest BCUT2D eigenvalue weighted by Crippen LogP contribution is -2.64. The molecular formula is C46H72N10O27S2. The van der Waals surface area contributed by atoms with Gasteiger partial charge in [-0.15, -0.1) is 0 Å². The van der Waals surface area contributed by atoms with Gasteiger partial charge in [0.1, 0.15) is 84.5 Å². The number of hydrogen-bond acceptors (Lipinski definition) is 23. The number of thioether (sulfide) groups is 1. The van der Waals surface area contributed by atoms with Crippen molar-refractivity contribution in [1.82, 2.24) is 53.2 Å². The fourth-order valence-corrected chi connectivity index (χ4v) is 10.0. The van der Waals surface area contributed by atoms with E-state index >= 15 is 0 Å². The minimum absolute atomic E-state index is 0.119. The van der Waals surface area contributed by atoms with Crippen LogP contribution in [0, 0.1) is 0 Å². The Hall–Kier alpha value is -7.85. The Labute approximate surface area is 487 Å². The van der Waals surface area contributed by atoms with E-state index < -0.39 is 247 Å². The van der Waals surface area contributed by atoms with Crippen LogP contribution in [0.5, 0.6) is 0 Å². The van der Waals surface area contributed by atoms with Crippen molar-refractivity contribution in [3.8, 4) is 0 Å². The maximum Gasteiger partial charge on any atom is 0.327 e. The van der Waals surface area contributed by atoms with Gasteiger partial charge in [0.25, 0.3) is 0 Å². The van der Waals surface area contributed by atoms with Crippen molar-refractivity contribution in [3.63, 3.8) is 0 Å². The quantitative estimate of drug-likeness (QED) is 0.0200. The summed E-state index contributed by atoms with van der Waals surface area (Å²) >= 11 is 0.701. The number of aliphatic hydroxyl groups is 4. The lowest BCUT2D eigenvalue weighted by atomic mass is 9.97. The van der Waals surface area contributed by atoms with Gasteiger partial charge in [-0.2, -0.15) is 11.8 Å². The first-order valence-corrected chi connectivity index (χ1v) is 28.6. The molecule has 10 amide bonds. The number of rotatable bonds is 40. The van der Waals surface area contributed by atoms with Crippen molar-refractivity contribution in [1.29, 1.82) is 0 Å². The molecule has 1 aliphatic rings. The second-order valence-corrected chi connectivity index (χ2v) is 22.4. The first kappa shape index (κ1) is 75.2. The number of carbonyl (C=O) groups is 15. The molecule has 0 spiro atoms. The average Bonchev–Trinajstić information content (AvgIpc) is 3.40. The number of aliphatic hydroxyl groups excluding tert-OH is 4. The second kappa shape index (κ2) is 36.8. The molecule has 0 aromatic heterocycles. The summed E-state index contributed by atoms with van der Waals surface area (Å²) in [5.41, 5.74) is 0. The van der Waals surface area contributed by atoms with Gasteiger partial charge in [-0.1, -0.05) is 0 Å². The van der Waals surface area contributed by atoms with E-state index in [1.54, 1.807) is 0 Å². The first-order valence-electron chi connectivity index (χ1n) is 25.6. The summed E-state index contributed by atoms with van der Waals surface area (Å²) < 4.78 is 30.2. The largest absolute Gasteiger partial charge is 0.481 e. The molecule has 39 heteroatoms. The molecule has 14 atom stereocenters. The number of amides is 10. The molecule has 19 N–H and O–H groups in total. The van der Waals surface area contributed by atoms with Crippen LogP contribution in [0.4, 0.5) is 0 Å². The molecule has 85 heavy (non-hydrogen) atoms. The predicted molar refractivity (Wildman–Crippen MR) is 284 cm³/mol. The highest BCUT2D eigenvalue weighted by Gasteiger charge is 2.45. The van der Waals surface area contributed by atoms with Crippen LogP contribution in [0.2, 0.25) is 0 Å². The van der Waals surface area contributed by atoms with Crippen LogP contribution in [-0.4, -0.2) is 258 Å². The third-order valence-corrected chi connectivity index (χ3v) is 14.9. The molecule has 37 nitrogen and oxygen atoms in total. The molecule has 1 fully saturated rings. The van der Waals surface area contributed by atoms with Crippen LogP contribution >= 0.6 is 11.8 Å². The SMILES string of the molecule is CC(NC(=O)C(CCC(=O)O)NC=O)C(=O)NC(CCC(=O)O)C(=O)NC(C)C(=O)NC(CCC(=O)O)C(=O)NC(C)C(=O)NC(CCC(=O)O)C(=O)NC(C)C(=O)NC(CSCCS(=O)(=O)CC(=O)NC1C(O)O[C@H](CO)[C@@H](O)[C@@H]1O)C(=O)O. The van der Waals surface area contributed by atoms with Crippen molar-refractivity contribution in [2.24, 2.45) is 0 Å². The maximum atomic E-state index is 13.5. The molecule has 1 saturated heterocycles. The van der Waals surface area contributed by atoms with Crippen LogP contribution < -0.4 is 53.2 Å². The fourth-order valence-electron chi connectivity index (χ4n) is 7.27. The third-order valence-electron chi connectivity index (χ3n) is 12.1. The lowest BCUT2D eigenvalue weighted by Gasteiger charge is -2.40. The molecule has 480 valence electrons. The summed E-state index contributed by atoms with van der Waals surface area (Å²) in [6.45, 7) is 3.52. The van der Waals surface area contributed by atoms with Gasteiger partial charge in [0.05, 0.1) is 12.4 Å². The van der Waals surface area contributed by atoms with Gasteiger partial charge in [-0.25, -0.2) is 13.2 Å². The number of ether oxygens (including phenoxy) is 1. The van der Waals surface area contributed by atoms with E-state index in [0.717, 1.165) is 27.7 Å². The second-order valence-electron chi connectivity index (χ2n) is 19.1. The number of carboxylic acid groups (broad SMARTS) is 5. The zero-order chi connectivity index (χ0) is 65.1. The minimum Gasteiger partial charge on any atom is -0.481 e. The van der Waals surface area contributed by atoms with Crippen molar-refractivity contribution in [2.45, 2.75) is 164 Å². The Morgan fingerprint density at radius 1 is 0.506 bits per heavy atom. The fraction of sp³-hybridized carbons (Fsp3) is 0.674. The van der Waals surface area contributed by atoms with Crippen molar-refractivity contribution in [2.75, 3.05) is 29.6 Å². The van der Waals surface area contributed by atoms with Gasteiger partial charge >= 0.3 is 29.8 Å². The smallest absolute Gasteiger partial charge is 0.327 e. The lowest BCUT2D eigenvalue weighted by molar-refractivity contribution is -0.253. The predicted octanol–water partition coefficient (Wildman–Crippen LogP) is -9.33. The summed E-state index contributed by atoms with van der Waals surface area (Å²) in [6.07, 6.45) is -11.9. The van der Waals surface area contributed by atoms with E-state index in [-0.39, 0.29) is 18.6 Å². The number of carboxylic acids is 5. The molecule has 11 unspecified atom stereocenters. The third kappa shape index (κ3) is 28.1. The molecule has 0 aromatic carbocycles. The van der Waals surface area contributed by atoms with Crippen LogP contribution in [0.3, 0.4) is 0 Å². The molecule has 0 bridgehead atoms. The highest BCUT2D eigenvalue weighted by atomic mass is 32.2. The molecule has 1 aliphatic heterocycles. The van der Waals surface area contributed by atoms with E-state index in [4.69, 9.17) is 9.84 Å². The maximum absolute atomic E-state index is 13.5. The monoisotopic (exact) mass is 1260 g/mol. The number of hydrogen-bond donors (Lipinski definition) is 19. The van der Waals surface area contributed by atoms with Crippen molar-refractivity contribution >= 4 is 111 Å². The van der Waals surface area contributed by atoms with Gasteiger partial charge < -0.3 is 104 Å². The van der Waals surface area contributed by atoms with Crippen LogP contribution in [0.25, 0.3) is 0 Å². The Morgan fingerprint density at radius 2 is 0.847 bits per heavy atom. The Balaban J connectivity index is 3.02. The topological polar surface area (TPSA) is 602 Å². The molecule has 1 rings (SSSR count). The van der Waals surface area contributed by atoms with Crippen LogP contribution in [0.1, 0.15) is 79.1 Å². The normalized spacial score (nSPS) is 19.7. The standard InChI is InChI=1S/C46H72N10O27S2/c1-19(48-41(74)23(47-18-58)5-9-30(60)61)37(70)52-24(6-10-31(62)63)42(75)49-20(2)38(71)53-25(7-11-32(64)65)43(76)50-21(3)39(72)54-26(8-12-33(66)67)44(77)51-22(4)40(73)55-27(45(78)79)16-84-13-14-85(81,82)17-29(59)56-34-36(69)35(68)28(15-57)83-46(34)80/h18-28,34-36,46,57,68-69,80H,5-17H2,1-4H3,(H,47,58)(H,48,74)(H,49,75)(H,50,76)(H,51,77)(H,52,70)(H,53,71)(H,54,72)(H,55,73)(H,56,59)(H,60,61)(H,62,63)(H,64,65)(H,66,67)(H,78,79)/t19?,20?,21?,22?,23?,24?,25?,26?,27?,28-,34?,35-,36-,46?/m1/s1. The zero-order valence-electron chi connectivity index (χ0n) is 46.0. The van der Waals surface area contributed by atoms with Gasteiger partial charge in [-0.05, 0) is 53.4 Å². The van der Waals surface area contributed by atoms with Crippen molar-refractivity contribution < 1.29 is 131 Å². The van der Waals surface area contributed by atoms with E-state index in [2.05, 4.69) is 47.9 Å². The summed E-state index contributed by atoms with van der Waals surface area (Å²) in [5, 5.41) is 108. The number of aliphatic carboxylic acids is 5. The van der Waals surface area contributed by atoms with Crippen LogP contribution in [-0.2, 0) is 86.5 Å². The summed E-state index contributed by atoms with van der Waals surface area (Å²) in [7, 11) is -4.24. The van der Waals surface area contributed by atoms with Crippen LogP contribution in [0.15, 0.2) is 0 Å². The van der Waals surface area contributed by atoms with Crippen molar-refractivity contribution in [3.05, 3.63) is 0 Å². The molecule has 0 radical (unpaired) electrons. The first-order chi connectivity index (χ1) is 39.5. The van der Waals surface area contributed by atoms with Gasteiger partial charge in [0, 0.05) is 37.2 Å². The summed E-state index contributed by atoms with van der Waals surface area (Å²) in [4.78, 5) is 187. The highest BCUT2D eigenvalue weighted by Crippen LogP contribution is 2.20. The number of nitrogens with one attached hydrogen (secondary N) is 10. The minimum atomic E-state index is -4.24. The highest BCUT2D eigenvalue weighted by molar-refractivity contribution is 8.00. The molecule has 0 aliphatic carbocycles. The van der Waals surface area contributed by atoms with E-state index in [0.29, 0.717) is 11.8 Å². The average molecular weight is 1260 g/mol. The van der Waals surface area contributed by atoms with Gasteiger partial charge in [0.2, 0.25) is 59.6 Å².